The summed E-state index contributed by atoms with van der Waals surface area (Å²) >= 11 is 3.48. The SMILES string of the molecule is Cn1cc(-c2cnn3ccc(-c4cn(S(=O)(=O)c5ccccc5)c5ncc(Br)cc45)cc23)cn1. The summed E-state index contributed by atoms with van der Waals surface area (Å²) in [5.74, 6) is 0. The van der Waals surface area contributed by atoms with Gasteiger partial charge in [-0.3, -0.25) is 4.68 Å². The number of halogens is 1. The van der Waals surface area contributed by atoms with Gasteiger partial charge in [0.05, 0.1) is 22.8 Å². The van der Waals surface area contributed by atoms with E-state index in [-0.39, 0.29) is 4.90 Å². The molecule has 1 aromatic carbocycles. The van der Waals surface area contributed by atoms with Crippen LogP contribution in [0.3, 0.4) is 0 Å². The van der Waals surface area contributed by atoms with Crippen molar-refractivity contribution in [2.24, 2.45) is 7.05 Å². The Hall–Kier alpha value is -3.76. The zero-order valence-electron chi connectivity index (χ0n) is 17.9. The molecule has 0 aliphatic rings. The van der Waals surface area contributed by atoms with Crippen molar-refractivity contribution < 1.29 is 8.42 Å². The van der Waals surface area contributed by atoms with Crippen LogP contribution in [0.4, 0.5) is 0 Å². The van der Waals surface area contributed by atoms with Crippen molar-refractivity contribution in [1.29, 1.82) is 0 Å². The summed E-state index contributed by atoms with van der Waals surface area (Å²) in [6.07, 6.45) is 10.6. The summed E-state index contributed by atoms with van der Waals surface area (Å²) in [6.45, 7) is 0. The van der Waals surface area contributed by atoms with Gasteiger partial charge in [0.15, 0.2) is 5.65 Å². The van der Waals surface area contributed by atoms with Crippen LogP contribution in [0.25, 0.3) is 38.8 Å². The Kier molecular flexibility index (Phi) is 4.68. The second-order valence-electron chi connectivity index (χ2n) is 7.89. The Bertz CT molecular complexity index is 1800. The van der Waals surface area contributed by atoms with Gasteiger partial charge in [-0.25, -0.2) is 21.9 Å². The number of hydrogen-bond donors (Lipinski definition) is 0. The van der Waals surface area contributed by atoms with Crippen molar-refractivity contribution in [2.45, 2.75) is 4.90 Å². The number of rotatable bonds is 4. The molecule has 5 aromatic heterocycles. The van der Waals surface area contributed by atoms with E-state index in [4.69, 9.17) is 0 Å². The lowest BCUT2D eigenvalue weighted by Crippen LogP contribution is -2.12. The maximum absolute atomic E-state index is 13.5. The van der Waals surface area contributed by atoms with Crippen LogP contribution in [-0.2, 0) is 17.1 Å². The molecule has 5 heterocycles. The summed E-state index contributed by atoms with van der Waals surface area (Å²) in [6, 6.07) is 14.2. The molecule has 0 bridgehead atoms. The Balaban J connectivity index is 1.59. The van der Waals surface area contributed by atoms with Crippen LogP contribution in [0.1, 0.15) is 0 Å². The Morgan fingerprint density at radius 2 is 1.71 bits per heavy atom. The number of nitrogens with zero attached hydrogens (tertiary/aromatic N) is 6. The van der Waals surface area contributed by atoms with Crippen molar-refractivity contribution in [2.75, 3.05) is 0 Å². The predicted octanol–water partition coefficient (Wildman–Crippen LogP) is 4.75. The molecule has 0 atom stereocenters. The minimum absolute atomic E-state index is 0.202. The fourth-order valence-corrected chi connectivity index (χ4v) is 5.78. The van der Waals surface area contributed by atoms with Gasteiger partial charge in [-0.05, 0) is 51.8 Å². The summed E-state index contributed by atoms with van der Waals surface area (Å²) in [4.78, 5) is 4.65. The fraction of sp³-hybridized carbons (Fsp3) is 0.0417. The predicted molar refractivity (Wildman–Crippen MR) is 133 cm³/mol. The molecule has 34 heavy (non-hydrogen) atoms. The van der Waals surface area contributed by atoms with Gasteiger partial charge in [0.25, 0.3) is 10.0 Å². The molecule has 0 spiro atoms. The van der Waals surface area contributed by atoms with Gasteiger partial charge in [-0.15, -0.1) is 0 Å². The average Bonchev–Trinajstić information content (AvgIpc) is 3.55. The molecule has 0 aliphatic carbocycles. The number of pyridine rings is 2. The molecule has 8 nitrogen and oxygen atoms in total. The summed E-state index contributed by atoms with van der Waals surface area (Å²) < 4.78 is 32.5. The maximum Gasteiger partial charge on any atom is 0.269 e. The third-order valence-corrected chi connectivity index (χ3v) is 7.82. The van der Waals surface area contributed by atoms with Crippen LogP contribution < -0.4 is 0 Å². The first-order chi connectivity index (χ1) is 16.4. The van der Waals surface area contributed by atoms with Crippen molar-refractivity contribution >= 4 is 42.5 Å². The third-order valence-electron chi connectivity index (χ3n) is 5.73. The number of aryl methyl sites for hydroxylation is 1. The Morgan fingerprint density at radius 3 is 2.47 bits per heavy atom. The third kappa shape index (κ3) is 3.25. The normalized spacial score (nSPS) is 12.1. The molecule has 0 N–H and O–H groups in total. The summed E-state index contributed by atoms with van der Waals surface area (Å²) in [7, 11) is -1.97. The molecule has 0 aliphatic heterocycles. The second kappa shape index (κ2) is 7.64. The molecule has 0 unspecified atom stereocenters. The Labute approximate surface area is 203 Å². The number of benzene rings is 1. The first-order valence-corrected chi connectivity index (χ1v) is 12.6. The lowest BCUT2D eigenvalue weighted by molar-refractivity contribution is 0.589. The molecule has 0 amide bonds. The number of hydrogen-bond acceptors (Lipinski definition) is 5. The topological polar surface area (TPSA) is 87.1 Å². The van der Waals surface area contributed by atoms with Crippen LogP contribution in [0.2, 0.25) is 0 Å². The monoisotopic (exact) mass is 532 g/mol. The van der Waals surface area contributed by atoms with E-state index in [0.717, 1.165) is 37.6 Å². The van der Waals surface area contributed by atoms with E-state index >= 15 is 0 Å². The number of aromatic nitrogens is 6. The minimum Gasteiger partial charge on any atom is -0.275 e. The first-order valence-electron chi connectivity index (χ1n) is 10.4. The van der Waals surface area contributed by atoms with Crippen molar-refractivity contribution in [1.82, 2.24) is 28.4 Å². The van der Waals surface area contributed by atoms with Crippen molar-refractivity contribution in [3.8, 4) is 22.3 Å². The van der Waals surface area contributed by atoms with Crippen LogP contribution in [0, 0.1) is 0 Å². The van der Waals surface area contributed by atoms with E-state index in [1.165, 1.54) is 3.97 Å². The standard InChI is InChI=1S/C24H17BrN6O2S/c1-29-14-17(11-27-29)21-13-28-30-8-7-16(9-23(21)30)22-15-31(24-20(22)10-18(25)12-26-24)34(32,33)19-5-3-2-4-6-19/h2-15H,1H3. The van der Waals surface area contributed by atoms with Crippen LogP contribution in [0.15, 0.2) is 95.1 Å². The second-order valence-corrected chi connectivity index (χ2v) is 10.6. The van der Waals surface area contributed by atoms with Gasteiger partial charge in [0.2, 0.25) is 0 Å². The molecule has 0 fully saturated rings. The van der Waals surface area contributed by atoms with E-state index in [9.17, 15) is 8.42 Å². The molecule has 0 saturated carbocycles. The molecular weight excluding hydrogens is 516 g/mol. The highest BCUT2D eigenvalue weighted by Gasteiger charge is 2.23. The zero-order chi connectivity index (χ0) is 23.4. The molecule has 0 saturated heterocycles. The summed E-state index contributed by atoms with van der Waals surface area (Å²) in [5, 5.41) is 9.45. The zero-order valence-corrected chi connectivity index (χ0v) is 20.3. The lowest BCUT2D eigenvalue weighted by atomic mass is 10.0. The highest BCUT2D eigenvalue weighted by Crippen LogP contribution is 2.35. The number of fused-ring (bicyclic) bond motifs is 2. The van der Waals surface area contributed by atoms with Crippen LogP contribution >= 0.6 is 15.9 Å². The van der Waals surface area contributed by atoms with Crippen molar-refractivity contribution in [3.63, 3.8) is 0 Å². The van der Waals surface area contributed by atoms with Crippen LogP contribution in [-0.4, -0.2) is 36.8 Å². The largest absolute Gasteiger partial charge is 0.275 e. The molecular formula is C24H17BrN6O2S. The minimum atomic E-state index is -3.84. The van der Waals surface area contributed by atoms with Crippen LogP contribution in [0.5, 0.6) is 0 Å². The van der Waals surface area contributed by atoms with Gasteiger partial charge in [-0.2, -0.15) is 10.2 Å². The molecule has 10 heteroatoms. The van der Waals surface area contributed by atoms with Gasteiger partial charge >= 0.3 is 0 Å². The maximum atomic E-state index is 13.5. The Morgan fingerprint density at radius 1 is 0.882 bits per heavy atom. The van der Waals surface area contributed by atoms with Gasteiger partial charge in [0.1, 0.15) is 0 Å². The molecule has 168 valence electrons. The quantitative estimate of drug-likeness (QED) is 0.327. The van der Waals surface area contributed by atoms with Gasteiger partial charge in [0, 0.05) is 58.4 Å². The molecule has 6 rings (SSSR count). The van der Waals surface area contributed by atoms with E-state index in [0.29, 0.717) is 5.65 Å². The summed E-state index contributed by atoms with van der Waals surface area (Å²) in [5.41, 5.74) is 4.75. The van der Waals surface area contributed by atoms with Crippen molar-refractivity contribution in [3.05, 3.63) is 90.2 Å². The highest BCUT2D eigenvalue weighted by molar-refractivity contribution is 9.10. The van der Waals surface area contributed by atoms with Gasteiger partial charge < -0.3 is 0 Å². The van der Waals surface area contributed by atoms with E-state index in [1.54, 1.807) is 64.3 Å². The lowest BCUT2D eigenvalue weighted by Gasteiger charge is -2.06. The van der Waals surface area contributed by atoms with Gasteiger partial charge in [-0.1, -0.05) is 18.2 Å². The molecule has 6 aromatic rings. The van der Waals surface area contributed by atoms with E-state index in [1.807, 2.05) is 37.6 Å². The highest BCUT2D eigenvalue weighted by atomic mass is 79.9. The molecule has 0 radical (unpaired) electrons. The smallest absolute Gasteiger partial charge is 0.269 e. The van der Waals surface area contributed by atoms with E-state index in [2.05, 4.69) is 31.1 Å². The fourth-order valence-electron chi connectivity index (χ4n) is 4.10. The first kappa shape index (κ1) is 20.8. The van der Waals surface area contributed by atoms with E-state index < -0.39 is 10.0 Å². The average molecular weight is 533 g/mol.